The third kappa shape index (κ3) is 5.18. The van der Waals surface area contributed by atoms with E-state index in [0.29, 0.717) is 11.4 Å². The Kier molecular flexibility index (Phi) is 6.22. The van der Waals surface area contributed by atoms with Crippen molar-refractivity contribution >= 4 is 23.6 Å². The number of nitrogens with one attached hydrogen (secondary N) is 2. The highest BCUT2D eigenvalue weighted by Gasteiger charge is 2.14. The van der Waals surface area contributed by atoms with Crippen LogP contribution in [0.25, 0.3) is 5.69 Å². The quantitative estimate of drug-likeness (QED) is 0.641. The monoisotopic (exact) mass is 384 g/mol. The molecule has 6 nitrogen and oxygen atoms in total. The van der Waals surface area contributed by atoms with Crippen LogP contribution in [0.3, 0.4) is 0 Å². The van der Waals surface area contributed by atoms with Crippen LogP contribution in [0.15, 0.2) is 67.1 Å². The third-order valence-corrected chi connectivity index (χ3v) is 4.64. The van der Waals surface area contributed by atoms with Gasteiger partial charge in [-0.3, -0.25) is 25.0 Å². The van der Waals surface area contributed by atoms with Crippen molar-refractivity contribution in [1.29, 1.82) is 0 Å². The van der Waals surface area contributed by atoms with Gasteiger partial charge in [0.25, 0.3) is 5.91 Å². The van der Waals surface area contributed by atoms with Crippen LogP contribution in [0.5, 0.6) is 0 Å². The molecule has 0 atom stereocenters. The number of imidazole rings is 1. The standard InChI is InChI=1S/C19H17FN4O2S/c20-15-6-8-16(9-7-15)24-13-21-10-17(24)19(26)23-22-18(25)12-27-11-14-4-2-1-3-5-14/h1-10,13H,11-12H2,(H,22,25)(H,23,26). The number of benzene rings is 2. The summed E-state index contributed by atoms with van der Waals surface area (Å²) < 4.78 is 14.6. The van der Waals surface area contributed by atoms with Crippen molar-refractivity contribution < 1.29 is 14.0 Å². The molecule has 1 heterocycles. The van der Waals surface area contributed by atoms with Crippen LogP contribution in [0.4, 0.5) is 4.39 Å². The smallest absolute Gasteiger partial charge is 0.288 e. The third-order valence-electron chi connectivity index (χ3n) is 3.64. The van der Waals surface area contributed by atoms with Gasteiger partial charge in [0.1, 0.15) is 11.5 Å². The Labute approximate surface area is 159 Å². The first-order valence-electron chi connectivity index (χ1n) is 8.12. The van der Waals surface area contributed by atoms with Crippen molar-refractivity contribution in [1.82, 2.24) is 20.4 Å². The fourth-order valence-electron chi connectivity index (χ4n) is 2.33. The van der Waals surface area contributed by atoms with Crippen LogP contribution in [-0.4, -0.2) is 27.1 Å². The van der Waals surface area contributed by atoms with Crippen molar-refractivity contribution in [3.05, 3.63) is 84.2 Å². The minimum atomic E-state index is -0.516. The zero-order chi connectivity index (χ0) is 19.1. The highest BCUT2D eigenvalue weighted by molar-refractivity contribution is 7.99. The van der Waals surface area contributed by atoms with Gasteiger partial charge in [-0.15, -0.1) is 11.8 Å². The molecule has 0 aliphatic carbocycles. The number of aromatic nitrogens is 2. The Morgan fingerprint density at radius 1 is 1.04 bits per heavy atom. The Bertz CT molecular complexity index is 913. The summed E-state index contributed by atoms with van der Waals surface area (Å²) in [5, 5.41) is 0. The van der Waals surface area contributed by atoms with Crippen molar-refractivity contribution in [2.45, 2.75) is 5.75 Å². The minimum Gasteiger partial charge on any atom is -0.295 e. The number of nitrogens with zero attached hydrogens (tertiary/aromatic N) is 2. The zero-order valence-corrected chi connectivity index (χ0v) is 15.1. The van der Waals surface area contributed by atoms with Gasteiger partial charge in [0, 0.05) is 11.4 Å². The highest BCUT2D eigenvalue weighted by atomic mass is 32.2. The summed E-state index contributed by atoms with van der Waals surface area (Å²) >= 11 is 1.45. The lowest BCUT2D eigenvalue weighted by Crippen LogP contribution is -2.43. The molecular weight excluding hydrogens is 367 g/mol. The molecule has 138 valence electrons. The molecule has 8 heteroatoms. The van der Waals surface area contributed by atoms with E-state index in [-0.39, 0.29) is 23.2 Å². The van der Waals surface area contributed by atoms with Crippen molar-refractivity contribution in [3.8, 4) is 5.69 Å². The van der Waals surface area contributed by atoms with Crippen LogP contribution >= 0.6 is 11.8 Å². The maximum atomic E-state index is 13.1. The summed E-state index contributed by atoms with van der Waals surface area (Å²) in [6.45, 7) is 0. The number of hydrazine groups is 1. The van der Waals surface area contributed by atoms with Gasteiger partial charge < -0.3 is 0 Å². The lowest BCUT2D eigenvalue weighted by atomic mass is 10.2. The van der Waals surface area contributed by atoms with Gasteiger partial charge in [0.05, 0.1) is 18.3 Å². The molecule has 0 aliphatic rings. The molecule has 2 aromatic carbocycles. The summed E-state index contributed by atoms with van der Waals surface area (Å²) in [5.74, 6) is -0.271. The lowest BCUT2D eigenvalue weighted by molar-refractivity contribution is -0.119. The van der Waals surface area contributed by atoms with Crippen LogP contribution in [0.1, 0.15) is 16.1 Å². The topological polar surface area (TPSA) is 76.0 Å². The molecule has 3 aromatic rings. The molecule has 0 saturated carbocycles. The normalized spacial score (nSPS) is 10.4. The number of carbonyl (C=O) groups excluding carboxylic acids is 2. The average Bonchev–Trinajstić information content (AvgIpc) is 3.17. The van der Waals surface area contributed by atoms with Gasteiger partial charge in [0.15, 0.2) is 0 Å². The van der Waals surface area contributed by atoms with Crippen molar-refractivity contribution in [3.63, 3.8) is 0 Å². The number of carbonyl (C=O) groups is 2. The van der Waals surface area contributed by atoms with Crippen molar-refractivity contribution in [2.24, 2.45) is 0 Å². The number of rotatable bonds is 6. The van der Waals surface area contributed by atoms with Crippen LogP contribution < -0.4 is 10.9 Å². The second-order valence-electron chi connectivity index (χ2n) is 5.61. The maximum Gasteiger partial charge on any atom is 0.288 e. The molecule has 0 fully saturated rings. The van der Waals surface area contributed by atoms with E-state index in [0.717, 1.165) is 5.56 Å². The van der Waals surface area contributed by atoms with E-state index in [1.165, 1.54) is 53.1 Å². The van der Waals surface area contributed by atoms with Gasteiger partial charge in [-0.1, -0.05) is 30.3 Å². The second-order valence-corrected chi connectivity index (χ2v) is 6.59. The van der Waals surface area contributed by atoms with Gasteiger partial charge in [-0.25, -0.2) is 9.37 Å². The van der Waals surface area contributed by atoms with E-state index >= 15 is 0 Å². The summed E-state index contributed by atoms with van der Waals surface area (Å²) in [5.41, 5.74) is 6.69. The Hall–Kier alpha value is -3.13. The molecule has 0 spiro atoms. The van der Waals surface area contributed by atoms with E-state index in [9.17, 15) is 14.0 Å². The van der Waals surface area contributed by atoms with Gasteiger partial charge in [-0.05, 0) is 29.8 Å². The fraction of sp³-hybridized carbons (Fsp3) is 0.105. The first-order chi connectivity index (χ1) is 13.1. The van der Waals surface area contributed by atoms with E-state index in [2.05, 4.69) is 15.8 Å². The molecule has 0 unspecified atom stereocenters. The fourth-order valence-corrected chi connectivity index (χ4v) is 3.12. The van der Waals surface area contributed by atoms with Crippen LogP contribution in [0.2, 0.25) is 0 Å². The predicted octanol–water partition coefficient (Wildman–Crippen LogP) is 2.71. The van der Waals surface area contributed by atoms with Gasteiger partial charge in [-0.2, -0.15) is 0 Å². The molecule has 0 aliphatic heterocycles. The molecule has 3 rings (SSSR count). The molecule has 1 aromatic heterocycles. The van der Waals surface area contributed by atoms with Gasteiger partial charge in [0.2, 0.25) is 5.91 Å². The zero-order valence-electron chi connectivity index (χ0n) is 14.3. The van der Waals surface area contributed by atoms with Gasteiger partial charge >= 0.3 is 0 Å². The largest absolute Gasteiger partial charge is 0.295 e. The van der Waals surface area contributed by atoms with Crippen molar-refractivity contribution in [2.75, 3.05) is 5.75 Å². The molecule has 0 bridgehead atoms. The Balaban J connectivity index is 1.50. The van der Waals surface area contributed by atoms with E-state index < -0.39 is 5.91 Å². The summed E-state index contributed by atoms with van der Waals surface area (Å²) in [4.78, 5) is 28.1. The van der Waals surface area contributed by atoms with Crippen LogP contribution in [0, 0.1) is 5.82 Å². The number of thioether (sulfide) groups is 1. The minimum absolute atomic E-state index is 0.215. The second kappa shape index (κ2) is 9.00. The molecule has 0 saturated heterocycles. The van der Waals surface area contributed by atoms with E-state index in [1.54, 1.807) is 0 Å². The molecular formula is C19H17FN4O2S. The number of hydrogen-bond acceptors (Lipinski definition) is 4. The summed E-state index contributed by atoms with van der Waals surface area (Å²) in [7, 11) is 0. The van der Waals surface area contributed by atoms with Crippen LogP contribution in [-0.2, 0) is 10.5 Å². The first-order valence-corrected chi connectivity index (χ1v) is 9.28. The Morgan fingerprint density at radius 2 is 1.78 bits per heavy atom. The number of amides is 2. The highest BCUT2D eigenvalue weighted by Crippen LogP contribution is 2.12. The number of halogens is 1. The molecule has 27 heavy (non-hydrogen) atoms. The molecule has 2 amide bonds. The average molecular weight is 384 g/mol. The SMILES string of the molecule is O=C(CSCc1ccccc1)NNC(=O)c1cncn1-c1ccc(F)cc1. The number of hydrogen-bond donors (Lipinski definition) is 2. The van der Waals surface area contributed by atoms with E-state index in [1.807, 2.05) is 30.3 Å². The molecule has 0 radical (unpaired) electrons. The summed E-state index contributed by atoms with van der Waals surface area (Å²) in [6.07, 6.45) is 2.81. The summed E-state index contributed by atoms with van der Waals surface area (Å²) in [6, 6.07) is 15.5. The first kappa shape index (κ1) is 18.7. The lowest BCUT2D eigenvalue weighted by Gasteiger charge is -2.10. The van der Waals surface area contributed by atoms with E-state index in [4.69, 9.17) is 0 Å². The molecule has 2 N–H and O–H groups in total. The predicted molar refractivity (Wildman–Crippen MR) is 102 cm³/mol. The maximum absolute atomic E-state index is 13.1. The Morgan fingerprint density at radius 3 is 2.52 bits per heavy atom.